The van der Waals surface area contributed by atoms with Gasteiger partial charge in [-0.2, -0.15) is 0 Å². The lowest BCUT2D eigenvalue weighted by atomic mass is 9.95. The number of amides is 2. The van der Waals surface area contributed by atoms with E-state index in [0.29, 0.717) is 0 Å². The van der Waals surface area contributed by atoms with Crippen LogP contribution in [0, 0.1) is 0 Å². The van der Waals surface area contributed by atoms with Crippen LogP contribution < -0.4 is 10.6 Å². The van der Waals surface area contributed by atoms with E-state index in [0.717, 1.165) is 13.8 Å². The van der Waals surface area contributed by atoms with Crippen LogP contribution in [0.15, 0.2) is 0 Å². The van der Waals surface area contributed by atoms with E-state index in [1.807, 2.05) is 0 Å². The average Bonchev–Trinajstić information content (AvgIpc) is 2.90. The van der Waals surface area contributed by atoms with Gasteiger partial charge in [-0.3, -0.25) is 9.59 Å². The van der Waals surface area contributed by atoms with E-state index in [1.54, 1.807) is 0 Å². The van der Waals surface area contributed by atoms with Crippen LogP contribution in [0.4, 0.5) is 0 Å². The highest BCUT2D eigenvalue weighted by Gasteiger charge is 2.52. The van der Waals surface area contributed by atoms with Crippen LogP contribution in [-0.2, 0) is 33.3 Å². The van der Waals surface area contributed by atoms with E-state index in [-0.39, 0.29) is 0 Å². The molecule has 15 atom stereocenters. The highest BCUT2D eigenvalue weighted by molar-refractivity contribution is 5.73. The van der Waals surface area contributed by atoms with Crippen LogP contribution in [0.1, 0.15) is 13.8 Å². The first-order valence-corrected chi connectivity index (χ1v) is 12.6. The van der Waals surface area contributed by atoms with Gasteiger partial charge in [0.2, 0.25) is 11.8 Å². The van der Waals surface area contributed by atoms with Gasteiger partial charge in [-0.1, -0.05) is 0 Å². The highest BCUT2D eigenvalue weighted by atomic mass is 16.7. The SMILES string of the molecule is CC(=O)N[C@@H]1[C@@H](O)[C@H](O)[C@@H](CO[C@@H]2O[C@H](CO)[C@@H](O[C@@H]3O[C@H](CO)[C@@H](O)[C@H](O)[C@@H]3O)[C@H](O)[C@H]2NC(C)=O)O[C@H]1O. The Morgan fingerprint density at radius 2 is 1.20 bits per heavy atom. The van der Waals surface area contributed by atoms with Gasteiger partial charge in [-0.15, -0.1) is 0 Å². The molecule has 3 rings (SSSR count). The van der Waals surface area contributed by atoms with Crippen molar-refractivity contribution in [1.29, 1.82) is 0 Å². The fraction of sp³-hybridized carbons (Fsp3) is 0.909. The minimum absolute atomic E-state index is 0.564. The molecule has 11 N–H and O–H groups in total. The second-order valence-corrected chi connectivity index (χ2v) is 9.85. The molecule has 0 spiro atoms. The molecule has 0 aliphatic carbocycles. The van der Waals surface area contributed by atoms with Gasteiger partial charge in [0.25, 0.3) is 0 Å². The molecule has 3 heterocycles. The topological polar surface area (TPSA) is 286 Å². The second-order valence-electron chi connectivity index (χ2n) is 9.85. The fourth-order valence-electron chi connectivity index (χ4n) is 4.76. The average molecular weight is 587 g/mol. The molecule has 0 unspecified atom stereocenters. The Kier molecular flexibility index (Phi) is 11.5. The van der Waals surface area contributed by atoms with E-state index in [2.05, 4.69) is 10.6 Å². The third-order valence-corrected chi connectivity index (χ3v) is 6.88. The summed E-state index contributed by atoms with van der Waals surface area (Å²) in [6.07, 6.45) is -20.8. The molecule has 0 aromatic carbocycles. The first kappa shape index (κ1) is 32.9. The third-order valence-electron chi connectivity index (χ3n) is 6.88. The van der Waals surface area contributed by atoms with Gasteiger partial charge in [0.05, 0.1) is 19.8 Å². The van der Waals surface area contributed by atoms with Crippen molar-refractivity contribution in [2.45, 2.75) is 106 Å². The van der Waals surface area contributed by atoms with Crippen LogP contribution >= 0.6 is 0 Å². The van der Waals surface area contributed by atoms with Crippen molar-refractivity contribution >= 4 is 11.8 Å². The molecule has 18 heteroatoms. The molecule has 0 saturated carbocycles. The van der Waals surface area contributed by atoms with Crippen LogP contribution in [0.5, 0.6) is 0 Å². The standard InChI is InChI=1S/C22H38N2O16/c1-6(27)23-11-15(31)14(30)10(37-20(11)35)5-36-21-12(24-7(2)28)16(32)19(9(4-26)39-21)40-22-18(34)17(33)13(29)8(3-25)38-22/h8-22,25-26,29-35H,3-5H2,1-2H3,(H,23,27)(H,24,28)/t8-,9-,10-,11-,12-,13-,14-,15-,16-,17+,18+,19-,20-,21-,22+/m1/s1. The minimum Gasteiger partial charge on any atom is -0.394 e. The van der Waals surface area contributed by atoms with Gasteiger partial charge >= 0.3 is 0 Å². The van der Waals surface area contributed by atoms with E-state index < -0.39 is 124 Å². The van der Waals surface area contributed by atoms with Crippen molar-refractivity contribution in [2.75, 3.05) is 19.8 Å². The molecule has 3 aliphatic rings. The molecule has 232 valence electrons. The summed E-state index contributed by atoms with van der Waals surface area (Å²) in [5.74, 6) is -1.24. The maximum Gasteiger partial charge on any atom is 0.217 e. The molecule has 40 heavy (non-hydrogen) atoms. The number of rotatable bonds is 9. The number of ether oxygens (including phenoxy) is 5. The number of carbonyl (C=O) groups excluding carboxylic acids is 2. The molecule has 18 nitrogen and oxygen atoms in total. The molecule has 0 radical (unpaired) electrons. The maximum absolute atomic E-state index is 11.9. The number of aliphatic hydroxyl groups is 9. The Labute approximate surface area is 228 Å². The summed E-state index contributed by atoms with van der Waals surface area (Å²) in [6, 6.07) is -2.72. The Hall–Kier alpha value is -1.62. The Bertz CT molecular complexity index is 852. The zero-order chi connectivity index (χ0) is 29.9. The van der Waals surface area contributed by atoms with E-state index >= 15 is 0 Å². The molecule has 2 amide bonds. The molecular formula is C22H38N2O16. The Morgan fingerprint density at radius 1 is 0.650 bits per heavy atom. The van der Waals surface area contributed by atoms with E-state index in [1.165, 1.54) is 0 Å². The van der Waals surface area contributed by atoms with Gasteiger partial charge in [-0.05, 0) is 0 Å². The number of hydrogen-bond donors (Lipinski definition) is 11. The minimum atomic E-state index is -1.83. The molecule has 0 bridgehead atoms. The summed E-state index contributed by atoms with van der Waals surface area (Å²) in [5.41, 5.74) is 0. The number of hydrogen-bond acceptors (Lipinski definition) is 16. The van der Waals surface area contributed by atoms with Crippen molar-refractivity contribution in [3.05, 3.63) is 0 Å². The first-order chi connectivity index (χ1) is 18.8. The third kappa shape index (κ3) is 7.23. The number of carbonyl (C=O) groups is 2. The van der Waals surface area contributed by atoms with Crippen molar-refractivity contribution < 1.29 is 79.2 Å². The van der Waals surface area contributed by atoms with E-state index in [9.17, 15) is 55.5 Å². The normalized spacial score (nSPS) is 46.0. The molecule has 0 aromatic heterocycles. The lowest BCUT2D eigenvalue weighted by Crippen LogP contribution is -2.68. The fourth-order valence-corrected chi connectivity index (χ4v) is 4.76. The largest absolute Gasteiger partial charge is 0.394 e. The van der Waals surface area contributed by atoms with Gasteiger partial charge in [0, 0.05) is 13.8 Å². The monoisotopic (exact) mass is 586 g/mol. The molecule has 3 aliphatic heterocycles. The summed E-state index contributed by atoms with van der Waals surface area (Å²) in [4.78, 5) is 23.2. The zero-order valence-corrected chi connectivity index (χ0v) is 21.7. The predicted molar refractivity (Wildman–Crippen MR) is 124 cm³/mol. The number of nitrogens with one attached hydrogen (secondary N) is 2. The van der Waals surface area contributed by atoms with Crippen LogP contribution in [0.25, 0.3) is 0 Å². The quantitative estimate of drug-likeness (QED) is 0.120. The van der Waals surface area contributed by atoms with Gasteiger partial charge in [0.15, 0.2) is 18.9 Å². The van der Waals surface area contributed by atoms with Gasteiger partial charge in [-0.25, -0.2) is 0 Å². The van der Waals surface area contributed by atoms with Crippen molar-refractivity contribution in [3.8, 4) is 0 Å². The molecule has 0 aromatic rings. The molecule has 3 saturated heterocycles. The van der Waals surface area contributed by atoms with E-state index in [4.69, 9.17) is 23.7 Å². The van der Waals surface area contributed by atoms with Gasteiger partial charge in [0.1, 0.15) is 73.1 Å². The zero-order valence-electron chi connectivity index (χ0n) is 21.7. The second kappa shape index (κ2) is 14.0. The lowest BCUT2D eigenvalue weighted by molar-refractivity contribution is -0.351. The lowest BCUT2D eigenvalue weighted by Gasteiger charge is -2.47. The summed E-state index contributed by atoms with van der Waals surface area (Å²) in [6.45, 7) is 0.168. The maximum atomic E-state index is 11.9. The first-order valence-electron chi connectivity index (χ1n) is 12.6. The van der Waals surface area contributed by atoms with Crippen LogP contribution in [0.2, 0.25) is 0 Å². The predicted octanol–water partition coefficient (Wildman–Crippen LogP) is -7.29. The summed E-state index contributed by atoms with van der Waals surface area (Å²) >= 11 is 0. The van der Waals surface area contributed by atoms with Crippen LogP contribution in [0.3, 0.4) is 0 Å². The van der Waals surface area contributed by atoms with Crippen molar-refractivity contribution in [3.63, 3.8) is 0 Å². The Morgan fingerprint density at radius 3 is 1.77 bits per heavy atom. The van der Waals surface area contributed by atoms with Crippen molar-refractivity contribution in [2.24, 2.45) is 0 Å². The highest BCUT2D eigenvalue weighted by Crippen LogP contribution is 2.30. The summed E-state index contributed by atoms with van der Waals surface area (Å²) in [7, 11) is 0. The smallest absolute Gasteiger partial charge is 0.217 e. The van der Waals surface area contributed by atoms with Crippen molar-refractivity contribution in [1.82, 2.24) is 10.6 Å². The van der Waals surface area contributed by atoms with Gasteiger partial charge < -0.3 is 80.3 Å². The Balaban J connectivity index is 1.73. The van der Waals surface area contributed by atoms with Crippen LogP contribution in [-0.4, -0.2) is 170 Å². The summed E-state index contributed by atoms with van der Waals surface area (Å²) < 4.78 is 27.4. The molecule has 3 fully saturated rings. The number of aliphatic hydroxyl groups excluding tert-OH is 9. The molecular weight excluding hydrogens is 548 g/mol. The summed E-state index contributed by atoms with van der Waals surface area (Å²) in [5, 5.41) is 96.3.